The quantitative estimate of drug-likeness (QED) is 0.789. The molecule has 0 bridgehead atoms. The van der Waals surface area contributed by atoms with E-state index in [2.05, 4.69) is 27.6 Å². The van der Waals surface area contributed by atoms with Crippen LogP contribution in [0, 0.1) is 3.57 Å². The molecule has 1 heterocycles. The van der Waals surface area contributed by atoms with E-state index in [0.717, 1.165) is 14.3 Å². The number of halogens is 2. The SMILES string of the molecule is NCc1nccc(Cl)c1I. The first-order valence-electron chi connectivity index (χ1n) is 2.74. The summed E-state index contributed by atoms with van der Waals surface area (Å²) in [5.74, 6) is 0. The van der Waals surface area contributed by atoms with Crippen molar-refractivity contribution in [2.24, 2.45) is 5.73 Å². The fourth-order valence-electron chi connectivity index (χ4n) is 0.603. The van der Waals surface area contributed by atoms with Crippen molar-refractivity contribution in [3.05, 3.63) is 26.5 Å². The van der Waals surface area contributed by atoms with Crippen molar-refractivity contribution in [3.8, 4) is 0 Å². The van der Waals surface area contributed by atoms with E-state index in [4.69, 9.17) is 17.3 Å². The molecule has 0 aliphatic heterocycles. The molecule has 0 saturated heterocycles. The van der Waals surface area contributed by atoms with Crippen LogP contribution in [0.25, 0.3) is 0 Å². The summed E-state index contributed by atoms with van der Waals surface area (Å²) in [6, 6.07) is 1.75. The summed E-state index contributed by atoms with van der Waals surface area (Å²) >= 11 is 7.92. The van der Waals surface area contributed by atoms with Gasteiger partial charge in [0.25, 0.3) is 0 Å². The van der Waals surface area contributed by atoms with Crippen molar-refractivity contribution in [2.75, 3.05) is 0 Å². The Hall–Kier alpha value is 0.130. The Balaban J connectivity index is 3.14. The summed E-state index contributed by atoms with van der Waals surface area (Å²) in [5.41, 5.74) is 6.25. The lowest BCUT2D eigenvalue weighted by Gasteiger charge is -1.99. The van der Waals surface area contributed by atoms with Crippen LogP contribution in [-0.2, 0) is 6.54 Å². The fraction of sp³-hybridized carbons (Fsp3) is 0.167. The summed E-state index contributed by atoms with van der Waals surface area (Å²) in [4.78, 5) is 4.04. The fourth-order valence-corrected chi connectivity index (χ4v) is 1.31. The second kappa shape index (κ2) is 3.50. The summed E-state index contributed by atoms with van der Waals surface area (Å²) in [5, 5.41) is 0.719. The molecule has 0 amide bonds. The van der Waals surface area contributed by atoms with E-state index >= 15 is 0 Å². The Morgan fingerprint density at radius 1 is 1.70 bits per heavy atom. The summed E-state index contributed by atoms with van der Waals surface area (Å²) in [6.45, 7) is 0.443. The summed E-state index contributed by atoms with van der Waals surface area (Å²) < 4.78 is 0.948. The molecule has 1 rings (SSSR count). The van der Waals surface area contributed by atoms with E-state index in [1.165, 1.54) is 0 Å². The zero-order valence-corrected chi connectivity index (χ0v) is 8.06. The summed E-state index contributed by atoms with van der Waals surface area (Å²) in [7, 11) is 0. The van der Waals surface area contributed by atoms with E-state index in [1.54, 1.807) is 12.3 Å². The minimum Gasteiger partial charge on any atom is -0.325 e. The molecule has 10 heavy (non-hydrogen) atoms. The number of hydrogen-bond donors (Lipinski definition) is 1. The Labute approximate surface area is 77.9 Å². The molecule has 0 saturated carbocycles. The molecule has 0 aliphatic rings. The highest BCUT2D eigenvalue weighted by molar-refractivity contribution is 14.1. The average molecular weight is 268 g/mol. The van der Waals surface area contributed by atoms with Gasteiger partial charge in [0, 0.05) is 12.7 Å². The second-order valence-corrected chi connectivity index (χ2v) is 3.24. The maximum atomic E-state index is 5.79. The smallest absolute Gasteiger partial charge is 0.0687 e. The van der Waals surface area contributed by atoms with Gasteiger partial charge in [0.1, 0.15) is 0 Å². The van der Waals surface area contributed by atoms with Crippen LogP contribution in [0.2, 0.25) is 5.02 Å². The van der Waals surface area contributed by atoms with Crippen LogP contribution < -0.4 is 5.73 Å². The van der Waals surface area contributed by atoms with E-state index in [0.29, 0.717) is 6.54 Å². The van der Waals surface area contributed by atoms with Gasteiger partial charge in [-0.3, -0.25) is 4.98 Å². The van der Waals surface area contributed by atoms with Gasteiger partial charge in [-0.15, -0.1) is 0 Å². The normalized spacial score (nSPS) is 9.90. The van der Waals surface area contributed by atoms with Crippen LogP contribution in [-0.4, -0.2) is 4.98 Å². The molecule has 1 aromatic heterocycles. The lowest BCUT2D eigenvalue weighted by Crippen LogP contribution is -2.01. The molecule has 1 aromatic rings. The van der Waals surface area contributed by atoms with Gasteiger partial charge in [-0.25, -0.2) is 0 Å². The number of nitrogens with zero attached hydrogens (tertiary/aromatic N) is 1. The highest BCUT2D eigenvalue weighted by atomic mass is 127. The minimum atomic E-state index is 0.443. The van der Waals surface area contributed by atoms with Gasteiger partial charge in [0.2, 0.25) is 0 Å². The maximum Gasteiger partial charge on any atom is 0.0687 e. The predicted molar refractivity (Wildman–Crippen MR) is 49.9 cm³/mol. The molecule has 0 aromatic carbocycles. The molecule has 2 nitrogen and oxygen atoms in total. The molecule has 0 radical (unpaired) electrons. The molecular weight excluding hydrogens is 262 g/mol. The van der Waals surface area contributed by atoms with Crippen LogP contribution in [0.15, 0.2) is 12.3 Å². The van der Waals surface area contributed by atoms with Gasteiger partial charge in [-0.05, 0) is 28.7 Å². The van der Waals surface area contributed by atoms with Gasteiger partial charge >= 0.3 is 0 Å². The third-order valence-corrected chi connectivity index (χ3v) is 2.95. The molecule has 0 atom stereocenters. The minimum absolute atomic E-state index is 0.443. The molecule has 0 unspecified atom stereocenters. The van der Waals surface area contributed by atoms with E-state index in [9.17, 15) is 0 Å². The molecule has 2 N–H and O–H groups in total. The zero-order chi connectivity index (χ0) is 7.56. The van der Waals surface area contributed by atoms with Crippen molar-refractivity contribution in [1.82, 2.24) is 4.98 Å². The van der Waals surface area contributed by atoms with E-state index in [1.807, 2.05) is 0 Å². The van der Waals surface area contributed by atoms with Gasteiger partial charge in [0.15, 0.2) is 0 Å². The number of aromatic nitrogens is 1. The first-order chi connectivity index (χ1) is 4.75. The first kappa shape index (κ1) is 8.23. The summed E-state index contributed by atoms with van der Waals surface area (Å²) in [6.07, 6.45) is 1.66. The predicted octanol–water partition coefficient (Wildman–Crippen LogP) is 1.80. The van der Waals surface area contributed by atoms with Crippen molar-refractivity contribution >= 4 is 34.2 Å². The molecule has 4 heteroatoms. The Morgan fingerprint density at radius 2 is 2.40 bits per heavy atom. The van der Waals surface area contributed by atoms with Crippen LogP contribution in [0.1, 0.15) is 5.69 Å². The molecule has 54 valence electrons. The first-order valence-corrected chi connectivity index (χ1v) is 4.20. The lowest BCUT2D eigenvalue weighted by molar-refractivity contribution is 0.978. The van der Waals surface area contributed by atoms with Crippen LogP contribution in [0.4, 0.5) is 0 Å². The number of hydrogen-bond acceptors (Lipinski definition) is 2. The Kier molecular flexibility index (Phi) is 2.88. The van der Waals surface area contributed by atoms with Crippen molar-refractivity contribution < 1.29 is 0 Å². The highest BCUT2D eigenvalue weighted by Gasteiger charge is 2.01. The third-order valence-electron chi connectivity index (χ3n) is 1.11. The largest absolute Gasteiger partial charge is 0.325 e. The Bertz CT molecular complexity index is 239. The molecule has 0 fully saturated rings. The Morgan fingerprint density at radius 3 is 2.90 bits per heavy atom. The highest BCUT2D eigenvalue weighted by Crippen LogP contribution is 2.19. The van der Waals surface area contributed by atoms with Crippen molar-refractivity contribution in [2.45, 2.75) is 6.54 Å². The zero-order valence-electron chi connectivity index (χ0n) is 5.14. The van der Waals surface area contributed by atoms with E-state index in [-0.39, 0.29) is 0 Å². The number of nitrogens with two attached hydrogens (primary N) is 1. The van der Waals surface area contributed by atoms with Gasteiger partial charge in [-0.2, -0.15) is 0 Å². The second-order valence-electron chi connectivity index (χ2n) is 1.76. The lowest BCUT2D eigenvalue weighted by atomic mass is 10.3. The monoisotopic (exact) mass is 268 g/mol. The molecule has 0 spiro atoms. The average Bonchev–Trinajstić information content (AvgIpc) is 1.95. The topological polar surface area (TPSA) is 38.9 Å². The third kappa shape index (κ3) is 1.59. The van der Waals surface area contributed by atoms with E-state index < -0.39 is 0 Å². The van der Waals surface area contributed by atoms with Crippen LogP contribution in [0.3, 0.4) is 0 Å². The number of pyridine rings is 1. The van der Waals surface area contributed by atoms with Crippen molar-refractivity contribution in [1.29, 1.82) is 0 Å². The molecule has 0 aliphatic carbocycles. The van der Waals surface area contributed by atoms with Gasteiger partial charge in [0.05, 0.1) is 14.3 Å². The maximum absolute atomic E-state index is 5.79. The van der Waals surface area contributed by atoms with Crippen LogP contribution in [0.5, 0.6) is 0 Å². The standard InChI is InChI=1S/C6H6ClIN2/c7-4-1-2-10-5(3-9)6(4)8/h1-2H,3,9H2. The van der Waals surface area contributed by atoms with Gasteiger partial charge in [-0.1, -0.05) is 11.6 Å². The number of rotatable bonds is 1. The van der Waals surface area contributed by atoms with Gasteiger partial charge < -0.3 is 5.73 Å². The molecular formula is C6H6ClIN2. The van der Waals surface area contributed by atoms with Crippen molar-refractivity contribution in [3.63, 3.8) is 0 Å². The van der Waals surface area contributed by atoms with Crippen LogP contribution >= 0.6 is 34.2 Å².